The van der Waals surface area contributed by atoms with Gasteiger partial charge in [-0.1, -0.05) is 12.1 Å². The average Bonchev–Trinajstić information content (AvgIpc) is 2.37. The summed E-state index contributed by atoms with van der Waals surface area (Å²) >= 11 is 0. The van der Waals surface area contributed by atoms with Crippen LogP contribution < -0.4 is 0 Å². The molecule has 0 radical (unpaired) electrons. The third-order valence-corrected chi connectivity index (χ3v) is 2.52. The van der Waals surface area contributed by atoms with Gasteiger partial charge in [0, 0.05) is 17.1 Å². The monoisotopic (exact) mass is 247 g/mol. The van der Waals surface area contributed by atoms with Crippen LogP contribution in [-0.2, 0) is 4.74 Å². The lowest BCUT2D eigenvalue weighted by molar-refractivity contribution is -0.0424. The van der Waals surface area contributed by atoms with E-state index < -0.39 is 12.3 Å². The number of rotatable bonds is 3. The molecule has 1 aromatic carbocycles. The molecule has 5 nitrogen and oxygen atoms in total. The summed E-state index contributed by atoms with van der Waals surface area (Å²) in [5.41, 5.74) is 1.33. The van der Waals surface area contributed by atoms with Crippen molar-refractivity contribution >= 4 is 16.9 Å². The number of aliphatic hydroxyl groups is 2. The van der Waals surface area contributed by atoms with Crippen LogP contribution in [0.3, 0.4) is 0 Å². The van der Waals surface area contributed by atoms with Gasteiger partial charge in [-0.3, -0.25) is 4.98 Å². The number of benzene rings is 1. The van der Waals surface area contributed by atoms with Gasteiger partial charge >= 0.3 is 5.97 Å². The highest BCUT2D eigenvalue weighted by Crippen LogP contribution is 2.19. The van der Waals surface area contributed by atoms with Crippen LogP contribution in [-0.4, -0.2) is 27.8 Å². The minimum absolute atomic E-state index is 0.312. The Labute approximate surface area is 104 Å². The summed E-state index contributed by atoms with van der Waals surface area (Å²) in [6.07, 6.45) is -0.116. The van der Waals surface area contributed by atoms with Gasteiger partial charge in [0.2, 0.25) is 0 Å². The van der Waals surface area contributed by atoms with Crippen molar-refractivity contribution in [3.05, 3.63) is 41.6 Å². The molecule has 2 N–H and O–H groups in total. The average molecular weight is 247 g/mol. The fourth-order valence-electron chi connectivity index (χ4n) is 1.63. The molecule has 0 fully saturated rings. The first-order valence-electron chi connectivity index (χ1n) is 5.54. The molecule has 5 heteroatoms. The van der Waals surface area contributed by atoms with E-state index in [9.17, 15) is 4.79 Å². The van der Waals surface area contributed by atoms with Crippen molar-refractivity contribution in [3.8, 4) is 0 Å². The number of hydrogen-bond acceptors (Lipinski definition) is 5. The summed E-state index contributed by atoms with van der Waals surface area (Å²) in [6.45, 7) is 2.05. The molecule has 0 saturated carbocycles. The van der Waals surface area contributed by atoms with E-state index in [4.69, 9.17) is 14.9 Å². The number of aromatic nitrogens is 1. The number of aliphatic hydroxyl groups excluding tert-OH is 1. The van der Waals surface area contributed by atoms with Crippen LogP contribution in [0, 0.1) is 0 Å². The number of esters is 1. The van der Waals surface area contributed by atoms with Crippen LogP contribution >= 0.6 is 0 Å². The van der Waals surface area contributed by atoms with E-state index in [2.05, 4.69) is 4.98 Å². The molecule has 2 aromatic rings. The van der Waals surface area contributed by atoms with Gasteiger partial charge in [-0.05, 0) is 19.1 Å². The van der Waals surface area contributed by atoms with Crippen molar-refractivity contribution in [1.82, 2.24) is 4.98 Å². The Morgan fingerprint density at radius 2 is 2.17 bits per heavy atom. The smallest absolute Gasteiger partial charge is 0.339 e. The molecule has 1 aromatic heterocycles. The number of ether oxygens (including phenoxy) is 1. The quantitative estimate of drug-likeness (QED) is 0.633. The summed E-state index contributed by atoms with van der Waals surface area (Å²) in [4.78, 5) is 15.6. The predicted molar refractivity (Wildman–Crippen MR) is 64.9 cm³/mol. The second-order valence-electron chi connectivity index (χ2n) is 3.77. The van der Waals surface area contributed by atoms with Gasteiger partial charge in [0.25, 0.3) is 0 Å². The topological polar surface area (TPSA) is 79.7 Å². The van der Waals surface area contributed by atoms with Gasteiger partial charge in [0.05, 0.1) is 17.7 Å². The molecule has 1 heterocycles. The molecule has 0 atom stereocenters. The van der Waals surface area contributed by atoms with Crippen molar-refractivity contribution in [3.63, 3.8) is 0 Å². The van der Waals surface area contributed by atoms with Crippen LogP contribution in [0.1, 0.15) is 29.1 Å². The van der Waals surface area contributed by atoms with Crippen LogP contribution in [0.5, 0.6) is 0 Å². The molecule has 0 amide bonds. The zero-order valence-corrected chi connectivity index (χ0v) is 9.83. The normalized spacial score (nSPS) is 10.9. The lowest BCUT2D eigenvalue weighted by atomic mass is 10.1. The highest BCUT2D eigenvalue weighted by Gasteiger charge is 2.09. The Hall–Kier alpha value is -1.98. The van der Waals surface area contributed by atoms with Gasteiger partial charge in [0.15, 0.2) is 6.29 Å². The molecule has 18 heavy (non-hydrogen) atoms. The maximum absolute atomic E-state index is 11.5. The summed E-state index contributed by atoms with van der Waals surface area (Å²) in [7, 11) is 0. The van der Waals surface area contributed by atoms with Gasteiger partial charge in [-0.15, -0.1) is 0 Å². The maximum atomic E-state index is 11.5. The number of carbonyl (C=O) groups excluding carboxylic acids is 1. The maximum Gasteiger partial charge on any atom is 0.339 e. The lowest BCUT2D eigenvalue weighted by Gasteiger charge is -2.06. The standard InChI is InChI=1S/C13H13NO4/c1-2-18-13(17)10-5-8-3-4-9(12(15)16)6-11(8)14-7-10/h3-7,12,15-16H,2H2,1H3. The first-order chi connectivity index (χ1) is 8.61. The molecule has 2 rings (SSSR count). The molecule has 0 aliphatic carbocycles. The third-order valence-electron chi connectivity index (χ3n) is 2.52. The predicted octanol–water partition coefficient (Wildman–Crippen LogP) is 1.39. The Balaban J connectivity index is 2.41. The zero-order valence-electron chi connectivity index (χ0n) is 9.83. The number of hydrogen-bond donors (Lipinski definition) is 2. The van der Waals surface area contributed by atoms with E-state index in [0.717, 1.165) is 5.39 Å². The molecule has 0 saturated heterocycles. The summed E-state index contributed by atoms with van der Waals surface area (Å²) < 4.78 is 4.88. The minimum atomic E-state index is -1.53. The van der Waals surface area contributed by atoms with Crippen molar-refractivity contribution < 1.29 is 19.7 Å². The Morgan fingerprint density at radius 3 is 2.83 bits per heavy atom. The van der Waals surface area contributed by atoms with Crippen molar-refractivity contribution in [1.29, 1.82) is 0 Å². The van der Waals surface area contributed by atoms with E-state index in [1.165, 1.54) is 6.20 Å². The zero-order chi connectivity index (χ0) is 13.1. The summed E-state index contributed by atoms with van der Waals surface area (Å²) in [5, 5.41) is 18.8. The summed E-state index contributed by atoms with van der Waals surface area (Å²) in [6, 6.07) is 6.48. The molecule has 0 spiro atoms. The Bertz CT molecular complexity index is 580. The molecule has 0 aliphatic heterocycles. The second-order valence-corrected chi connectivity index (χ2v) is 3.77. The van der Waals surface area contributed by atoms with Crippen molar-refractivity contribution in [2.45, 2.75) is 13.2 Å². The van der Waals surface area contributed by atoms with E-state index in [-0.39, 0.29) is 0 Å². The molecular weight excluding hydrogens is 234 g/mol. The molecule has 94 valence electrons. The first kappa shape index (κ1) is 12.5. The van der Waals surface area contributed by atoms with Crippen LogP contribution in [0.2, 0.25) is 0 Å². The number of nitrogens with zero attached hydrogens (tertiary/aromatic N) is 1. The number of fused-ring (bicyclic) bond motifs is 1. The van der Waals surface area contributed by atoms with Gasteiger partial charge in [0.1, 0.15) is 0 Å². The molecular formula is C13H13NO4. The van der Waals surface area contributed by atoms with Crippen molar-refractivity contribution in [2.75, 3.05) is 6.61 Å². The fourth-order valence-corrected chi connectivity index (χ4v) is 1.63. The van der Waals surface area contributed by atoms with Gasteiger partial charge in [-0.2, -0.15) is 0 Å². The van der Waals surface area contributed by atoms with E-state index in [1.54, 1.807) is 31.2 Å². The molecule has 0 aliphatic rings. The SMILES string of the molecule is CCOC(=O)c1cnc2cc(C(O)O)ccc2c1. The van der Waals surface area contributed by atoms with E-state index in [0.29, 0.717) is 23.3 Å². The van der Waals surface area contributed by atoms with E-state index >= 15 is 0 Å². The highest BCUT2D eigenvalue weighted by atomic mass is 16.5. The molecule has 0 unspecified atom stereocenters. The van der Waals surface area contributed by atoms with E-state index in [1.807, 2.05) is 0 Å². The highest BCUT2D eigenvalue weighted by molar-refractivity contribution is 5.93. The Morgan fingerprint density at radius 1 is 1.39 bits per heavy atom. The third kappa shape index (κ3) is 2.47. The number of pyridine rings is 1. The fraction of sp³-hybridized carbons (Fsp3) is 0.231. The molecule has 0 bridgehead atoms. The Kier molecular flexibility index (Phi) is 3.55. The van der Waals surface area contributed by atoms with Gasteiger partial charge < -0.3 is 14.9 Å². The van der Waals surface area contributed by atoms with Gasteiger partial charge in [-0.25, -0.2) is 4.79 Å². The minimum Gasteiger partial charge on any atom is -0.462 e. The number of carbonyl (C=O) groups is 1. The second kappa shape index (κ2) is 5.12. The largest absolute Gasteiger partial charge is 0.462 e. The van der Waals surface area contributed by atoms with Crippen LogP contribution in [0.15, 0.2) is 30.5 Å². The first-order valence-corrected chi connectivity index (χ1v) is 5.54. The van der Waals surface area contributed by atoms with Crippen LogP contribution in [0.4, 0.5) is 0 Å². The summed E-state index contributed by atoms with van der Waals surface area (Å²) in [5.74, 6) is -0.418. The lowest BCUT2D eigenvalue weighted by Crippen LogP contribution is -2.05. The van der Waals surface area contributed by atoms with Crippen molar-refractivity contribution in [2.24, 2.45) is 0 Å². The van der Waals surface area contributed by atoms with Crippen LogP contribution in [0.25, 0.3) is 10.9 Å².